The highest BCUT2D eigenvalue weighted by Gasteiger charge is 2.39. The summed E-state index contributed by atoms with van der Waals surface area (Å²) in [7, 11) is 0. The Balaban J connectivity index is 1.99. The zero-order valence-corrected chi connectivity index (χ0v) is 23.1. The number of nitrogens with one attached hydrogen (secondary N) is 1. The van der Waals surface area contributed by atoms with Crippen LogP contribution in [0.5, 0.6) is 0 Å². The van der Waals surface area contributed by atoms with Crippen molar-refractivity contribution in [3.8, 4) is 0 Å². The third-order valence-corrected chi connectivity index (χ3v) is 6.63. The lowest BCUT2D eigenvalue weighted by Gasteiger charge is -2.30. The fourth-order valence-corrected chi connectivity index (χ4v) is 4.72. The zero-order valence-electron chi connectivity index (χ0n) is 23.1. The van der Waals surface area contributed by atoms with Crippen molar-refractivity contribution in [3.05, 3.63) is 48.2 Å². The van der Waals surface area contributed by atoms with Crippen LogP contribution >= 0.6 is 0 Å². The molecule has 1 aliphatic rings. The van der Waals surface area contributed by atoms with E-state index in [9.17, 15) is 19.5 Å². The Bertz CT molecular complexity index is 893. The highest BCUT2D eigenvalue weighted by molar-refractivity contribution is 5.89. The Kier molecular flexibility index (Phi) is 12.3. The molecule has 0 radical (unpaired) electrons. The summed E-state index contributed by atoms with van der Waals surface area (Å²) >= 11 is 0. The number of nitrogens with zero attached hydrogens (tertiary/aromatic N) is 1. The standard InChI is InChI=1S/C30H46N2O5/c1-22(33)14-9-6-7-12-18-27(34)25(20-19-24-15-10-8-11-16-24)31-23(2)28(35)32-21-13-17-26(32)29(36)37-30(3,4)5/h8,10-11,15-16,23,25-26,31,33H,1,6-7,9,12-14,17-21H2,2-5H3. The van der Waals surface area contributed by atoms with Crippen molar-refractivity contribution in [2.45, 2.75) is 116 Å². The maximum Gasteiger partial charge on any atom is 0.329 e. The number of hydrogen-bond acceptors (Lipinski definition) is 6. The van der Waals surface area contributed by atoms with E-state index >= 15 is 0 Å². The molecule has 7 heteroatoms. The Morgan fingerprint density at radius 2 is 1.76 bits per heavy atom. The van der Waals surface area contributed by atoms with Crippen LogP contribution in [0.1, 0.15) is 91.0 Å². The van der Waals surface area contributed by atoms with Gasteiger partial charge >= 0.3 is 5.97 Å². The first kappa shape index (κ1) is 30.6. The number of aryl methyl sites for hydroxylation is 1. The van der Waals surface area contributed by atoms with Gasteiger partial charge in [-0.1, -0.05) is 49.8 Å². The number of ether oxygens (including phenoxy) is 1. The van der Waals surface area contributed by atoms with Crippen molar-refractivity contribution in [3.63, 3.8) is 0 Å². The molecule has 2 rings (SSSR count). The minimum atomic E-state index is -0.612. The quantitative estimate of drug-likeness (QED) is 0.188. The lowest BCUT2D eigenvalue weighted by Crippen LogP contribution is -2.53. The maximum absolute atomic E-state index is 13.4. The normalized spacial score (nSPS) is 17.3. The van der Waals surface area contributed by atoms with Gasteiger partial charge in [-0.15, -0.1) is 0 Å². The van der Waals surface area contributed by atoms with Gasteiger partial charge in [-0.2, -0.15) is 0 Å². The highest BCUT2D eigenvalue weighted by atomic mass is 16.6. The molecule has 1 aromatic rings. The van der Waals surface area contributed by atoms with Crippen LogP contribution in [0.15, 0.2) is 42.7 Å². The van der Waals surface area contributed by atoms with Crippen LogP contribution in [-0.2, 0) is 25.5 Å². The van der Waals surface area contributed by atoms with Crippen LogP contribution < -0.4 is 5.32 Å². The third kappa shape index (κ3) is 11.1. The van der Waals surface area contributed by atoms with E-state index in [0.717, 1.165) is 44.1 Å². The number of hydrogen-bond donors (Lipinski definition) is 2. The van der Waals surface area contributed by atoms with Gasteiger partial charge in [0.05, 0.1) is 17.8 Å². The number of rotatable bonds is 15. The van der Waals surface area contributed by atoms with Gasteiger partial charge in [0.15, 0.2) is 0 Å². The highest BCUT2D eigenvalue weighted by Crippen LogP contribution is 2.22. The number of carbonyl (C=O) groups is 3. The first-order chi connectivity index (χ1) is 17.5. The van der Waals surface area contributed by atoms with E-state index in [-0.39, 0.29) is 23.4 Å². The summed E-state index contributed by atoms with van der Waals surface area (Å²) in [5.74, 6) is -0.235. The topological polar surface area (TPSA) is 95.9 Å². The predicted octanol–water partition coefficient (Wildman–Crippen LogP) is 5.28. The average molecular weight is 515 g/mol. The van der Waals surface area contributed by atoms with E-state index in [4.69, 9.17) is 4.74 Å². The smallest absolute Gasteiger partial charge is 0.329 e. The van der Waals surface area contributed by atoms with E-state index < -0.39 is 23.7 Å². The lowest BCUT2D eigenvalue weighted by atomic mass is 9.97. The van der Waals surface area contributed by atoms with Crippen molar-refractivity contribution in [2.24, 2.45) is 0 Å². The van der Waals surface area contributed by atoms with Crippen LogP contribution in [-0.4, -0.2) is 57.9 Å². The molecule has 1 amide bonds. The van der Waals surface area contributed by atoms with E-state index in [0.29, 0.717) is 32.2 Å². The second-order valence-corrected chi connectivity index (χ2v) is 11.1. The molecule has 7 nitrogen and oxygen atoms in total. The minimum absolute atomic E-state index is 0.104. The molecular formula is C30H46N2O5. The summed E-state index contributed by atoms with van der Waals surface area (Å²) in [6, 6.07) is 8.40. The zero-order chi connectivity index (χ0) is 27.4. The van der Waals surface area contributed by atoms with Gasteiger partial charge in [0.2, 0.25) is 5.91 Å². The number of unbranched alkanes of at least 4 members (excludes halogenated alkanes) is 3. The van der Waals surface area contributed by atoms with Crippen molar-refractivity contribution in [1.29, 1.82) is 0 Å². The number of aliphatic hydroxyl groups is 1. The number of carbonyl (C=O) groups excluding carboxylic acids is 3. The molecule has 37 heavy (non-hydrogen) atoms. The number of aliphatic hydroxyl groups excluding tert-OH is 1. The van der Waals surface area contributed by atoms with E-state index in [1.165, 1.54) is 0 Å². The van der Waals surface area contributed by atoms with E-state index in [1.54, 1.807) is 11.8 Å². The van der Waals surface area contributed by atoms with Crippen molar-refractivity contribution >= 4 is 17.7 Å². The van der Waals surface area contributed by atoms with E-state index in [1.807, 2.05) is 51.1 Å². The molecule has 3 atom stereocenters. The van der Waals surface area contributed by atoms with Gasteiger partial charge in [-0.05, 0) is 71.8 Å². The summed E-state index contributed by atoms with van der Waals surface area (Å²) < 4.78 is 5.55. The molecule has 0 bridgehead atoms. The van der Waals surface area contributed by atoms with Crippen LogP contribution in [0.25, 0.3) is 0 Å². The number of allylic oxidation sites excluding steroid dienone is 1. The number of Topliss-reactive ketones (excluding diaryl/α,β-unsaturated/α-hetero) is 1. The van der Waals surface area contributed by atoms with Gasteiger partial charge in [-0.25, -0.2) is 4.79 Å². The van der Waals surface area contributed by atoms with Crippen molar-refractivity contribution in [2.75, 3.05) is 6.54 Å². The van der Waals surface area contributed by atoms with E-state index in [2.05, 4.69) is 11.9 Å². The number of ketones is 1. The summed E-state index contributed by atoms with van der Waals surface area (Å²) in [5, 5.41) is 12.5. The monoisotopic (exact) mass is 514 g/mol. The number of likely N-dealkylation sites (tertiary alicyclic amines) is 1. The largest absolute Gasteiger partial charge is 0.513 e. The molecule has 0 spiro atoms. The molecular weight excluding hydrogens is 468 g/mol. The second kappa shape index (κ2) is 14.9. The fourth-order valence-electron chi connectivity index (χ4n) is 4.72. The van der Waals surface area contributed by atoms with Gasteiger partial charge in [0.1, 0.15) is 17.4 Å². The summed E-state index contributed by atoms with van der Waals surface area (Å²) in [6.07, 6.45) is 7.18. The minimum Gasteiger partial charge on any atom is -0.513 e. The summed E-state index contributed by atoms with van der Waals surface area (Å²) in [6.45, 7) is 11.3. The number of benzene rings is 1. The van der Waals surface area contributed by atoms with Crippen LogP contribution in [0.4, 0.5) is 0 Å². The van der Waals surface area contributed by atoms with Crippen molar-refractivity contribution < 1.29 is 24.2 Å². The van der Waals surface area contributed by atoms with Gasteiger partial charge in [0.25, 0.3) is 0 Å². The molecule has 1 aliphatic heterocycles. The molecule has 206 valence electrons. The number of amides is 1. The molecule has 1 fully saturated rings. The first-order valence-electron chi connectivity index (χ1n) is 13.7. The van der Waals surface area contributed by atoms with Crippen molar-refractivity contribution in [1.82, 2.24) is 10.2 Å². The molecule has 0 aliphatic carbocycles. The predicted molar refractivity (Wildman–Crippen MR) is 146 cm³/mol. The van der Waals surface area contributed by atoms with Gasteiger partial charge in [0, 0.05) is 19.4 Å². The van der Waals surface area contributed by atoms with Gasteiger partial charge in [-0.3, -0.25) is 14.9 Å². The lowest BCUT2D eigenvalue weighted by molar-refractivity contribution is -0.163. The summed E-state index contributed by atoms with van der Waals surface area (Å²) in [5.41, 5.74) is 0.536. The molecule has 2 N–H and O–H groups in total. The third-order valence-electron chi connectivity index (χ3n) is 6.63. The number of esters is 1. The molecule has 0 saturated carbocycles. The maximum atomic E-state index is 13.4. The first-order valence-corrected chi connectivity index (χ1v) is 13.7. The van der Waals surface area contributed by atoms with Gasteiger partial charge < -0.3 is 14.7 Å². The molecule has 1 heterocycles. The Hall–Kier alpha value is -2.67. The Morgan fingerprint density at radius 3 is 2.38 bits per heavy atom. The fraction of sp³-hybridized carbons (Fsp3) is 0.633. The molecule has 0 aromatic heterocycles. The Morgan fingerprint density at radius 1 is 1.11 bits per heavy atom. The average Bonchev–Trinajstić information content (AvgIpc) is 3.32. The second-order valence-electron chi connectivity index (χ2n) is 11.1. The van der Waals surface area contributed by atoms with Crippen LogP contribution in [0, 0.1) is 0 Å². The van der Waals surface area contributed by atoms with Crippen LogP contribution in [0.3, 0.4) is 0 Å². The molecule has 1 saturated heterocycles. The Labute approximate surface area is 222 Å². The summed E-state index contributed by atoms with van der Waals surface area (Å²) in [4.78, 5) is 40.9. The van der Waals surface area contributed by atoms with Crippen LogP contribution in [0.2, 0.25) is 0 Å². The SMILES string of the molecule is C=C(O)CCCCCCC(=O)C(CCc1ccccc1)NC(C)C(=O)N1CCCC1C(=O)OC(C)(C)C. The molecule has 3 unspecified atom stereocenters. The molecule has 1 aromatic carbocycles.